The molecule has 1 heterocycles. The summed E-state index contributed by atoms with van der Waals surface area (Å²) in [6.07, 6.45) is 1.67. The average Bonchev–Trinajstić information content (AvgIpc) is 2.60. The Labute approximate surface area is 106 Å². The van der Waals surface area contributed by atoms with Gasteiger partial charge in [0.1, 0.15) is 12.4 Å². The van der Waals surface area contributed by atoms with Gasteiger partial charge in [0.05, 0.1) is 5.56 Å². The summed E-state index contributed by atoms with van der Waals surface area (Å²) in [5.74, 6) is 0.659. The van der Waals surface area contributed by atoms with E-state index in [1.165, 1.54) is 0 Å². The minimum Gasteiger partial charge on any atom is -0.488 e. The summed E-state index contributed by atoms with van der Waals surface area (Å²) in [6.45, 7) is 0.423. The Kier molecular flexibility index (Phi) is 2.69. The van der Waals surface area contributed by atoms with Gasteiger partial charge < -0.3 is 4.74 Å². The van der Waals surface area contributed by atoms with E-state index in [4.69, 9.17) is 4.74 Å². The Hall–Kier alpha value is -2.35. The molecule has 2 heteroatoms. The van der Waals surface area contributed by atoms with E-state index in [1.54, 1.807) is 12.1 Å². The van der Waals surface area contributed by atoms with Gasteiger partial charge in [0.25, 0.3) is 0 Å². The van der Waals surface area contributed by atoms with Crippen LogP contribution in [0.25, 0.3) is 5.57 Å². The smallest absolute Gasteiger partial charge is 0.189 e. The highest BCUT2D eigenvalue weighted by Crippen LogP contribution is 2.26. The van der Waals surface area contributed by atoms with E-state index in [0.29, 0.717) is 17.9 Å². The molecule has 0 aliphatic carbocycles. The molecule has 3 rings (SSSR count). The van der Waals surface area contributed by atoms with Gasteiger partial charge in [-0.2, -0.15) is 0 Å². The van der Waals surface area contributed by atoms with Crippen LogP contribution in [0.5, 0.6) is 5.75 Å². The van der Waals surface area contributed by atoms with Gasteiger partial charge in [-0.1, -0.05) is 42.5 Å². The van der Waals surface area contributed by atoms with Gasteiger partial charge in [0.2, 0.25) is 0 Å². The molecule has 1 aliphatic heterocycles. The van der Waals surface area contributed by atoms with E-state index in [9.17, 15) is 4.79 Å². The topological polar surface area (TPSA) is 26.3 Å². The highest BCUT2D eigenvalue weighted by molar-refractivity contribution is 6.10. The van der Waals surface area contributed by atoms with E-state index in [1.807, 2.05) is 48.5 Å². The van der Waals surface area contributed by atoms with Gasteiger partial charge in [-0.3, -0.25) is 4.79 Å². The third kappa shape index (κ3) is 1.93. The van der Waals surface area contributed by atoms with Gasteiger partial charge in [0.15, 0.2) is 5.78 Å². The minimum atomic E-state index is 0.00181. The Balaban J connectivity index is 2.02. The van der Waals surface area contributed by atoms with Gasteiger partial charge in [-0.25, -0.2) is 0 Å². The van der Waals surface area contributed by atoms with Crippen molar-refractivity contribution in [3.8, 4) is 5.75 Å². The number of rotatable bonds is 1. The number of hydrogen-bond donors (Lipinski definition) is 0. The molecule has 0 radical (unpaired) electrons. The van der Waals surface area contributed by atoms with Crippen LogP contribution in [0.1, 0.15) is 15.9 Å². The molecule has 2 nitrogen and oxygen atoms in total. The molecule has 2 aromatic rings. The number of carbonyl (C=O) groups excluding carboxylic acids is 1. The predicted octanol–water partition coefficient (Wildman–Crippen LogP) is 3.35. The average molecular weight is 236 g/mol. The van der Waals surface area contributed by atoms with E-state index in [2.05, 4.69) is 0 Å². The van der Waals surface area contributed by atoms with Crippen LogP contribution in [0.15, 0.2) is 60.7 Å². The zero-order valence-electron chi connectivity index (χ0n) is 9.80. The van der Waals surface area contributed by atoms with Crippen molar-refractivity contribution in [2.45, 2.75) is 0 Å². The van der Waals surface area contributed by atoms with Gasteiger partial charge >= 0.3 is 0 Å². The van der Waals surface area contributed by atoms with Crippen LogP contribution in [0.2, 0.25) is 0 Å². The van der Waals surface area contributed by atoms with Crippen molar-refractivity contribution in [3.63, 3.8) is 0 Å². The van der Waals surface area contributed by atoms with E-state index < -0.39 is 0 Å². The van der Waals surface area contributed by atoms with Crippen LogP contribution in [-0.2, 0) is 0 Å². The van der Waals surface area contributed by atoms with E-state index in [0.717, 1.165) is 11.1 Å². The predicted molar refractivity (Wildman–Crippen MR) is 70.7 cm³/mol. The second-order valence-electron chi connectivity index (χ2n) is 4.18. The number of para-hydroxylation sites is 1. The van der Waals surface area contributed by atoms with Crippen molar-refractivity contribution in [2.24, 2.45) is 0 Å². The number of carbonyl (C=O) groups is 1. The van der Waals surface area contributed by atoms with Crippen LogP contribution in [0.4, 0.5) is 0 Å². The molecule has 0 spiro atoms. The fourth-order valence-corrected chi connectivity index (χ4v) is 2.05. The lowest BCUT2D eigenvalue weighted by atomic mass is 10.0. The molecule has 1 aliphatic rings. The monoisotopic (exact) mass is 236 g/mol. The lowest BCUT2D eigenvalue weighted by Gasteiger charge is -2.07. The molecule has 88 valence electrons. The van der Waals surface area contributed by atoms with Gasteiger partial charge in [-0.05, 0) is 23.8 Å². The third-order valence-electron chi connectivity index (χ3n) is 2.99. The molecular formula is C16H12O2. The van der Waals surface area contributed by atoms with Crippen LogP contribution in [0.3, 0.4) is 0 Å². The first-order valence-electron chi connectivity index (χ1n) is 5.87. The quantitative estimate of drug-likeness (QED) is 0.759. The summed E-state index contributed by atoms with van der Waals surface area (Å²) in [4.78, 5) is 12.1. The second kappa shape index (κ2) is 4.49. The first kappa shape index (κ1) is 10.8. The molecule has 0 saturated heterocycles. The molecule has 0 N–H and O–H groups in total. The summed E-state index contributed by atoms with van der Waals surface area (Å²) >= 11 is 0. The lowest BCUT2D eigenvalue weighted by molar-refractivity contribution is 0.104. The molecule has 0 saturated carbocycles. The number of ether oxygens (including phenoxy) is 1. The van der Waals surface area contributed by atoms with Crippen molar-refractivity contribution in [3.05, 3.63) is 71.8 Å². The fraction of sp³-hybridized carbons (Fsp3) is 0.0625. The number of allylic oxidation sites excluding steroid dienone is 1. The standard InChI is InChI=1S/C16H12O2/c17-15-10-13(12-6-2-1-3-7-12)11-18-16-9-5-4-8-14(15)16/h1-10H,11H2. The highest BCUT2D eigenvalue weighted by Gasteiger charge is 2.16. The van der Waals surface area contributed by atoms with Crippen LogP contribution in [-0.4, -0.2) is 12.4 Å². The lowest BCUT2D eigenvalue weighted by Crippen LogP contribution is -1.99. The van der Waals surface area contributed by atoms with Crippen molar-refractivity contribution in [1.29, 1.82) is 0 Å². The molecule has 0 atom stereocenters. The zero-order valence-corrected chi connectivity index (χ0v) is 9.80. The SMILES string of the molecule is O=C1C=C(c2ccccc2)COc2ccccc21. The van der Waals surface area contributed by atoms with Crippen molar-refractivity contribution in [1.82, 2.24) is 0 Å². The number of ketones is 1. The summed E-state index contributed by atoms with van der Waals surface area (Å²) in [7, 11) is 0. The largest absolute Gasteiger partial charge is 0.488 e. The minimum absolute atomic E-state index is 0.00181. The summed E-state index contributed by atoms with van der Waals surface area (Å²) in [6, 6.07) is 17.2. The van der Waals surface area contributed by atoms with Crippen LogP contribution in [0, 0.1) is 0 Å². The maximum absolute atomic E-state index is 12.1. The summed E-state index contributed by atoms with van der Waals surface area (Å²) < 4.78 is 5.70. The third-order valence-corrected chi connectivity index (χ3v) is 2.99. The van der Waals surface area contributed by atoms with Crippen molar-refractivity contribution >= 4 is 11.4 Å². The second-order valence-corrected chi connectivity index (χ2v) is 4.18. The summed E-state index contributed by atoms with van der Waals surface area (Å²) in [5, 5.41) is 0. The molecule has 0 aromatic heterocycles. The van der Waals surface area contributed by atoms with Crippen molar-refractivity contribution in [2.75, 3.05) is 6.61 Å². The number of hydrogen-bond acceptors (Lipinski definition) is 2. The van der Waals surface area contributed by atoms with Crippen molar-refractivity contribution < 1.29 is 9.53 Å². The zero-order chi connectivity index (χ0) is 12.4. The van der Waals surface area contributed by atoms with Gasteiger partial charge in [0, 0.05) is 5.57 Å². The van der Waals surface area contributed by atoms with E-state index >= 15 is 0 Å². The molecule has 0 amide bonds. The van der Waals surface area contributed by atoms with Crippen LogP contribution >= 0.6 is 0 Å². The first-order valence-corrected chi connectivity index (χ1v) is 5.87. The van der Waals surface area contributed by atoms with Crippen LogP contribution < -0.4 is 4.74 Å². The maximum Gasteiger partial charge on any atom is 0.189 e. The Bertz CT molecular complexity index is 612. The highest BCUT2D eigenvalue weighted by atomic mass is 16.5. The molecule has 2 aromatic carbocycles. The van der Waals surface area contributed by atoms with E-state index in [-0.39, 0.29) is 5.78 Å². The molecule has 0 bridgehead atoms. The Morgan fingerprint density at radius 3 is 2.44 bits per heavy atom. The first-order chi connectivity index (χ1) is 8.84. The molecule has 18 heavy (non-hydrogen) atoms. The molecule has 0 fully saturated rings. The Morgan fingerprint density at radius 1 is 0.889 bits per heavy atom. The number of benzene rings is 2. The normalized spacial score (nSPS) is 14.2. The van der Waals surface area contributed by atoms with Gasteiger partial charge in [-0.15, -0.1) is 0 Å². The Morgan fingerprint density at radius 2 is 1.61 bits per heavy atom. The number of fused-ring (bicyclic) bond motifs is 1. The maximum atomic E-state index is 12.1. The molecular weight excluding hydrogens is 224 g/mol. The molecule has 0 unspecified atom stereocenters. The fourth-order valence-electron chi connectivity index (χ4n) is 2.05. The summed E-state index contributed by atoms with van der Waals surface area (Å²) in [5.41, 5.74) is 2.57.